The summed E-state index contributed by atoms with van der Waals surface area (Å²) in [6.45, 7) is 9.85. The summed E-state index contributed by atoms with van der Waals surface area (Å²) in [6.07, 6.45) is 0. The SMILES string of the molecule is Cc1cc(C)c(-c2nc(C)c(C)c(=O)[nH]2)cc1C. The highest BCUT2D eigenvalue weighted by molar-refractivity contribution is 5.62. The molecule has 0 aliphatic rings. The summed E-state index contributed by atoms with van der Waals surface area (Å²) in [5, 5.41) is 0. The lowest BCUT2D eigenvalue weighted by atomic mass is 10.0. The van der Waals surface area contributed by atoms with E-state index in [2.05, 4.69) is 35.9 Å². The lowest BCUT2D eigenvalue weighted by Gasteiger charge is -2.10. The number of rotatable bonds is 1. The number of nitrogens with one attached hydrogen (secondary N) is 1. The third-order valence-electron chi connectivity index (χ3n) is 3.49. The molecule has 0 radical (unpaired) electrons. The van der Waals surface area contributed by atoms with Gasteiger partial charge < -0.3 is 4.98 Å². The van der Waals surface area contributed by atoms with Crippen LogP contribution in [0.25, 0.3) is 11.4 Å². The third-order valence-corrected chi connectivity index (χ3v) is 3.49. The Morgan fingerprint density at radius 2 is 1.56 bits per heavy atom. The molecule has 0 atom stereocenters. The molecular weight excluding hydrogens is 224 g/mol. The fourth-order valence-corrected chi connectivity index (χ4v) is 1.99. The molecule has 0 saturated carbocycles. The molecule has 3 heteroatoms. The second kappa shape index (κ2) is 4.41. The monoisotopic (exact) mass is 242 g/mol. The van der Waals surface area contributed by atoms with Gasteiger partial charge in [0.25, 0.3) is 5.56 Å². The van der Waals surface area contributed by atoms with Crippen molar-refractivity contribution in [1.82, 2.24) is 9.97 Å². The number of aromatic amines is 1. The van der Waals surface area contributed by atoms with Gasteiger partial charge in [0, 0.05) is 16.8 Å². The highest BCUT2D eigenvalue weighted by Gasteiger charge is 2.09. The van der Waals surface area contributed by atoms with Crippen LogP contribution in [0.4, 0.5) is 0 Å². The standard InChI is InChI=1S/C15H18N2O/c1-8-6-10(3)13(7-9(8)2)14-16-12(5)11(4)15(18)17-14/h6-7H,1-5H3,(H,16,17,18). The molecule has 2 rings (SSSR count). The third kappa shape index (κ3) is 2.08. The highest BCUT2D eigenvalue weighted by Crippen LogP contribution is 2.23. The van der Waals surface area contributed by atoms with Crippen LogP contribution in [0.5, 0.6) is 0 Å². The number of hydrogen-bond donors (Lipinski definition) is 1. The smallest absolute Gasteiger partial charge is 0.254 e. The normalized spacial score (nSPS) is 10.7. The second-order valence-electron chi connectivity index (χ2n) is 4.88. The Labute approximate surface area is 107 Å². The molecule has 18 heavy (non-hydrogen) atoms. The molecule has 1 N–H and O–H groups in total. The van der Waals surface area contributed by atoms with Crippen molar-refractivity contribution in [3.05, 3.63) is 50.4 Å². The molecule has 1 aromatic carbocycles. The average Bonchev–Trinajstić information content (AvgIpc) is 2.30. The van der Waals surface area contributed by atoms with Crippen molar-refractivity contribution in [3.63, 3.8) is 0 Å². The highest BCUT2D eigenvalue weighted by atomic mass is 16.1. The van der Waals surface area contributed by atoms with Crippen LogP contribution < -0.4 is 5.56 Å². The second-order valence-corrected chi connectivity index (χ2v) is 4.88. The Bertz CT molecular complexity index is 669. The molecule has 0 spiro atoms. The van der Waals surface area contributed by atoms with Crippen molar-refractivity contribution >= 4 is 0 Å². The van der Waals surface area contributed by atoms with Gasteiger partial charge in [-0.05, 0) is 57.4 Å². The van der Waals surface area contributed by atoms with Crippen molar-refractivity contribution in [2.45, 2.75) is 34.6 Å². The molecule has 1 aromatic heterocycles. The van der Waals surface area contributed by atoms with E-state index < -0.39 is 0 Å². The number of hydrogen-bond acceptors (Lipinski definition) is 2. The number of H-pyrrole nitrogens is 1. The molecule has 2 aromatic rings. The minimum absolute atomic E-state index is 0.0601. The van der Waals surface area contributed by atoms with Gasteiger partial charge in [-0.2, -0.15) is 0 Å². The summed E-state index contributed by atoms with van der Waals surface area (Å²) in [4.78, 5) is 19.1. The Balaban J connectivity index is 2.70. The van der Waals surface area contributed by atoms with Crippen LogP contribution in [-0.4, -0.2) is 9.97 Å². The molecule has 94 valence electrons. The van der Waals surface area contributed by atoms with Gasteiger partial charge in [-0.1, -0.05) is 6.07 Å². The molecule has 0 aliphatic heterocycles. The molecule has 1 heterocycles. The van der Waals surface area contributed by atoms with Gasteiger partial charge in [0.2, 0.25) is 0 Å². The van der Waals surface area contributed by atoms with Crippen LogP contribution in [0.2, 0.25) is 0 Å². The Morgan fingerprint density at radius 3 is 2.17 bits per heavy atom. The van der Waals surface area contributed by atoms with Crippen molar-refractivity contribution in [3.8, 4) is 11.4 Å². The van der Waals surface area contributed by atoms with Gasteiger partial charge in [-0.3, -0.25) is 4.79 Å². The minimum Gasteiger partial charge on any atom is -0.306 e. The molecule has 0 bridgehead atoms. The summed E-state index contributed by atoms with van der Waals surface area (Å²) in [7, 11) is 0. The molecule has 0 fully saturated rings. The largest absolute Gasteiger partial charge is 0.306 e. The Kier molecular flexibility index (Phi) is 3.07. The lowest BCUT2D eigenvalue weighted by Crippen LogP contribution is -2.14. The first-order valence-corrected chi connectivity index (χ1v) is 6.06. The Morgan fingerprint density at radius 1 is 0.944 bits per heavy atom. The van der Waals surface area contributed by atoms with Gasteiger partial charge in [0.15, 0.2) is 0 Å². The predicted molar refractivity (Wildman–Crippen MR) is 74.0 cm³/mol. The van der Waals surface area contributed by atoms with E-state index >= 15 is 0 Å². The maximum absolute atomic E-state index is 11.8. The fourth-order valence-electron chi connectivity index (χ4n) is 1.99. The van der Waals surface area contributed by atoms with Crippen LogP contribution in [0.1, 0.15) is 27.9 Å². The number of benzene rings is 1. The van der Waals surface area contributed by atoms with E-state index in [9.17, 15) is 4.79 Å². The zero-order valence-corrected chi connectivity index (χ0v) is 11.5. The number of aryl methyl sites for hydroxylation is 4. The van der Waals surface area contributed by atoms with Crippen LogP contribution >= 0.6 is 0 Å². The molecule has 0 aliphatic carbocycles. The van der Waals surface area contributed by atoms with Crippen molar-refractivity contribution in [2.75, 3.05) is 0 Å². The van der Waals surface area contributed by atoms with E-state index in [1.54, 1.807) is 6.92 Å². The molecule has 0 unspecified atom stereocenters. The van der Waals surface area contributed by atoms with Crippen molar-refractivity contribution in [1.29, 1.82) is 0 Å². The van der Waals surface area contributed by atoms with E-state index in [1.165, 1.54) is 11.1 Å². The van der Waals surface area contributed by atoms with E-state index in [1.807, 2.05) is 13.8 Å². The van der Waals surface area contributed by atoms with Crippen LogP contribution in [0, 0.1) is 34.6 Å². The van der Waals surface area contributed by atoms with Crippen LogP contribution in [0.15, 0.2) is 16.9 Å². The zero-order chi connectivity index (χ0) is 13.4. The lowest BCUT2D eigenvalue weighted by molar-refractivity contribution is 1.03. The number of nitrogens with zero attached hydrogens (tertiary/aromatic N) is 1. The van der Waals surface area contributed by atoms with E-state index in [4.69, 9.17) is 0 Å². The van der Waals surface area contributed by atoms with E-state index in [0.29, 0.717) is 11.4 Å². The van der Waals surface area contributed by atoms with Crippen molar-refractivity contribution in [2.24, 2.45) is 0 Å². The van der Waals surface area contributed by atoms with Gasteiger partial charge in [0.05, 0.1) is 0 Å². The van der Waals surface area contributed by atoms with Crippen LogP contribution in [-0.2, 0) is 0 Å². The summed E-state index contributed by atoms with van der Waals surface area (Å²) < 4.78 is 0. The topological polar surface area (TPSA) is 45.8 Å². The predicted octanol–water partition coefficient (Wildman–Crippen LogP) is 2.98. The molecular formula is C15H18N2O. The van der Waals surface area contributed by atoms with Crippen LogP contribution in [0.3, 0.4) is 0 Å². The number of aromatic nitrogens is 2. The Hall–Kier alpha value is -1.90. The van der Waals surface area contributed by atoms with Gasteiger partial charge >= 0.3 is 0 Å². The molecule has 0 saturated heterocycles. The molecule has 3 nitrogen and oxygen atoms in total. The maximum Gasteiger partial charge on any atom is 0.254 e. The van der Waals surface area contributed by atoms with E-state index in [-0.39, 0.29) is 5.56 Å². The summed E-state index contributed by atoms with van der Waals surface area (Å²) in [5.74, 6) is 0.656. The summed E-state index contributed by atoms with van der Waals surface area (Å²) >= 11 is 0. The zero-order valence-electron chi connectivity index (χ0n) is 11.5. The summed E-state index contributed by atoms with van der Waals surface area (Å²) in [6, 6.07) is 4.21. The first kappa shape index (κ1) is 12.6. The first-order valence-electron chi connectivity index (χ1n) is 6.06. The first-order chi connectivity index (χ1) is 8.40. The fraction of sp³-hybridized carbons (Fsp3) is 0.333. The summed E-state index contributed by atoms with van der Waals surface area (Å²) in [5.41, 5.74) is 5.99. The van der Waals surface area contributed by atoms with E-state index in [0.717, 1.165) is 16.8 Å². The average molecular weight is 242 g/mol. The quantitative estimate of drug-likeness (QED) is 0.835. The van der Waals surface area contributed by atoms with Gasteiger partial charge in [0.1, 0.15) is 5.82 Å². The maximum atomic E-state index is 11.8. The van der Waals surface area contributed by atoms with Gasteiger partial charge in [-0.15, -0.1) is 0 Å². The van der Waals surface area contributed by atoms with Gasteiger partial charge in [-0.25, -0.2) is 4.98 Å². The molecule has 0 amide bonds. The minimum atomic E-state index is -0.0601. The van der Waals surface area contributed by atoms with Crippen molar-refractivity contribution < 1.29 is 0 Å².